The zero-order valence-electron chi connectivity index (χ0n) is 13.3. The van der Waals surface area contributed by atoms with Gasteiger partial charge in [0.25, 0.3) is 5.91 Å². The Morgan fingerprint density at radius 2 is 2.00 bits per heavy atom. The number of carbonyl (C=O) groups excluding carboxylic acids is 1. The molecule has 0 aromatic heterocycles. The second-order valence-electron chi connectivity index (χ2n) is 5.41. The molecule has 6 heteroatoms. The maximum Gasteiger partial charge on any atom is 0.261 e. The van der Waals surface area contributed by atoms with Gasteiger partial charge >= 0.3 is 0 Å². The van der Waals surface area contributed by atoms with Crippen molar-refractivity contribution in [1.29, 1.82) is 0 Å². The first-order chi connectivity index (χ1) is 11.6. The highest BCUT2D eigenvalue weighted by Gasteiger charge is 2.16. The summed E-state index contributed by atoms with van der Waals surface area (Å²) in [5.74, 6) is 1.79. The molecular formula is C18H18ClNO4. The fraction of sp³-hybridized carbons (Fsp3) is 0.278. The molecule has 3 rings (SSSR count). The summed E-state index contributed by atoms with van der Waals surface area (Å²) >= 11 is 5.90. The van der Waals surface area contributed by atoms with Gasteiger partial charge in [-0.1, -0.05) is 23.7 Å². The van der Waals surface area contributed by atoms with E-state index in [2.05, 4.69) is 5.32 Å². The van der Waals surface area contributed by atoms with E-state index in [9.17, 15) is 4.79 Å². The van der Waals surface area contributed by atoms with Crippen molar-refractivity contribution in [2.75, 3.05) is 13.2 Å². The number of ether oxygens (including phenoxy) is 3. The summed E-state index contributed by atoms with van der Waals surface area (Å²) in [6, 6.07) is 12.6. The number of rotatable bonds is 5. The molecule has 5 nitrogen and oxygen atoms in total. The SMILES string of the molecule is CC(Oc1cccc(Cl)c1)C(=O)NCc1ccc2c(c1)OCCO2. The van der Waals surface area contributed by atoms with Crippen LogP contribution in [0.3, 0.4) is 0 Å². The minimum Gasteiger partial charge on any atom is -0.486 e. The van der Waals surface area contributed by atoms with Crippen LogP contribution in [-0.4, -0.2) is 25.2 Å². The number of hydrogen-bond donors (Lipinski definition) is 1. The lowest BCUT2D eigenvalue weighted by Gasteiger charge is -2.19. The van der Waals surface area contributed by atoms with Crippen LogP contribution in [0.1, 0.15) is 12.5 Å². The normalized spacial score (nSPS) is 13.9. The maximum atomic E-state index is 12.2. The molecular weight excluding hydrogens is 330 g/mol. The van der Waals surface area contributed by atoms with Crippen molar-refractivity contribution in [1.82, 2.24) is 5.32 Å². The summed E-state index contributed by atoms with van der Waals surface area (Å²) < 4.78 is 16.6. The Bertz CT molecular complexity index is 735. The summed E-state index contributed by atoms with van der Waals surface area (Å²) in [7, 11) is 0. The Morgan fingerprint density at radius 1 is 1.21 bits per heavy atom. The zero-order chi connectivity index (χ0) is 16.9. The second-order valence-corrected chi connectivity index (χ2v) is 5.85. The fourth-order valence-corrected chi connectivity index (χ4v) is 2.51. The highest BCUT2D eigenvalue weighted by Crippen LogP contribution is 2.30. The number of nitrogens with one attached hydrogen (secondary N) is 1. The largest absolute Gasteiger partial charge is 0.486 e. The number of fused-ring (bicyclic) bond motifs is 1. The summed E-state index contributed by atoms with van der Waals surface area (Å²) in [6.07, 6.45) is -0.624. The quantitative estimate of drug-likeness (QED) is 0.902. The second kappa shape index (κ2) is 7.45. The molecule has 1 amide bonds. The van der Waals surface area contributed by atoms with Crippen LogP contribution in [0, 0.1) is 0 Å². The van der Waals surface area contributed by atoms with E-state index in [1.165, 1.54) is 0 Å². The predicted octanol–water partition coefficient (Wildman–Crippen LogP) is 3.19. The Labute approximate surface area is 145 Å². The van der Waals surface area contributed by atoms with Gasteiger partial charge in [0.15, 0.2) is 17.6 Å². The van der Waals surface area contributed by atoms with Crippen LogP contribution in [-0.2, 0) is 11.3 Å². The van der Waals surface area contributed by atoms with Crippen molar-refractivity contribution >= 4 is 17.5 Å². The molecule has 1 aliphatic heterocycles. The molecule has 2 aromatic rings. The Hall–Kier alpha value is -2.40. The van der Waals surface area contributed by atoms with Crippen LogP contribution in [0.25, 0.3) is 0 Å². The van der Waals surface area contributed by atoms with Crippen LogP contribution < -0.4 is 19.5 Å². The Balaban J connectivity index is 1.55. The Morgan fingerprint density at radius 3 is 2.79 bits per heavy atom. The van der Waals surface area contributed by atoms with Gasteiger partial charge in [-0.2, -0.15) is 0 Å². The molecule has 1 atom stereocenters. The van der Waals surface area contributed by atoms with Crippen molar-refractivity contribution in [2.45, 2.75) is 19.6 Å². The number of benzene rings is 2. The van der Waals surface area contributed by atoms with Gasteiger partial charge in [-0.25, -0.2) is 0 Å². The van der Waals surface area contributed by atoms with Gasteiger partial charge in [0.05, 0.1) is 0 Å². The highest BCUT2D eigenvalue weighted by atomic mass is 35.5. The van der Waals surface area contributed by atoms with E-state index in [1.54, 1.807) is 31.2 Å². The summed E-state index contributed by atoms with van der Waals surface area (Å²) in [4.78, 5) is 12.2. The molecule has 0 saturated heterocycles. The average molecular weight is 348 g/mol. The molecule has 0 bridgehead atoms. The predicted molar refractivity (Wildman–Crippen MR) is 90.8 cm³/mol. The molecule has 1 unspecified atom stereocenters. The molecule has 24 heavy (non-hydrogen) atoms. The lowest BCUT2D eigenvalue weighted by atomic mass is 10.2. The molecule has 2 aromatic carbocycles. The third kappa shape index (κ3) is 4.11. The average Bonchev–Trinajstić information content (AvgIpc) is 2.59. The standard InChI is InChI=1S/C18H18ClNO4/c1-12(24-15-4-2-3-14(19)10-15)18(21)20-11-13-5-6-16-17(9-13)23-8-7-22-16/h2-6,9-10,12H,7-8,11H2,1H3,(H,20,21). The first-order valence-electron chi connectivity index (χ1n) is 7.70. The van der Waals surface area contributed by atoms with Crippen molar-refractivity contribution in [3.05, 3.63) is 53.1 Å². The minimum atomic E-state index is -0.624. The van der Waals surface area contributed by atoms with Gasteiger partial charge < -0.3 is 19.5 Å². The highest BCUT2D eigenvalue weighted by molar-refractivity contribution is 6.30. The molecule has 0 saturated carbocycles. The van der Waals surface area contributed by atoms with Gasteiger partial charge in [-0.15, -0.1) is 0 Å². The van der Waals surface area contributed by atoms with Crippen LogP contribution >= 0.6 is 11.6 Å². The van der Waals surface area contributed by atoms with Crippen LogP contribution in [0.5, 0.6) is 17.2 Å². The van der Waals surface area contributed by atoms with E-state index in [4.69, 9.17) is 25.8 Å². The van der Waals surface area contributed by atoms with Crippen LogP contribution in [0.4, 0.5) is 0 Å². The number of amides is 1. The van der Waals surface area contributed by atoms with Crippen molar-refractivity contribution < 1.29 is 19.0 Å². The molecule has 0 fully saturated rings. The molecule has 0 spiro atoms. The summed E-state index contributed by atoms with van der Waals surface area (Å²) in [5, 5.41) is 3.41. The third-order valence-corrected chi connectivity index (χ3v) is 3.79. The van der Waals surface area contributed by atoms with E-state index < -0.39 is 6.10 Å². The molecule has 0 radical (unpaired) electrons. The van der Waals surface area contributed by atoms with Gasteiger partial charge in [0.1, 0.15) is 19.0 Å². The van der Waals surface area contributed by atoms with Crippen LogP contribution in [0.2, 0.25) is 5.02 Å². The lowest BCUT2D eigenvalue weighted by Crippen LogP contribution is -2.35. The number of hydrogen-bond acceptors (Lipinski definition) is 4. The molecule has 126 valence electrons. The first-order valence-corrected chi connectivity index (χ1v) is 8.08. The molecule has 0 aliphatic carbocycles. The molecule has 1 aliphatic rings. The van der Waals surface area contributed by atoms with Crippen molar-refractivity contribution in [3.63, 3.8) is 0 Å². The fourth-order valence-electron chi connectivity index (χ4n) is 2.33. The minimum absolute atomic E-state index is 0.204. The third-order valence-electron chi connectivity index (χ3n) is 3.55. The van der Waals surface area contributed by atoms with Gasteiger partial charge in [0, 0.05) is 11.6 Å². The van der Waals surface area contributed by atoms with Crippen molar-refractivity contribution in [3.8, 4) is 17.2 Å². The number of halogens is 1. The van der Waals surface area contributed by atoms with E-state index in [0.29, 0.717) is 36.3 Å². The van der Waals surface area contributed by atoms with Crippen LogP contribution in [0.15, 0.2) is 42.5 Å². The van der Waals surface area contributed by atoms with E-state index >= 15 is 0 Å². The molecule has 1 heterocycles. The monoisotopic (exact) mass is 347 g/mol. The van der Waals surface area contributed by atoms with Gasteiger partial charge in [0.2, 0.25) is 0 Å². The number of carbonyl (C=O) groups is 1. The van der Waals surface area contributed by atoms with Gasteiger partial charge in [-0.3, -0.25) is 4.79 Å². The zero-order valence-corrected chi connectivity index (χ0v) is 14.0. The molecule has 1 N–H and O–H groups in total. The summed E-state index contributed by atoms with van der Waals surface area (Å²) in [6.45, 7) is 3.17. The Kier molecular flexibility index (Phi) is 5.11. The summed E-state index contributed by atoms with van der Waals surface area (Å²) in [5.41, 5.74) is 0.933. The first kappa shape index (κ1) is 16.5. The topological polar surface area (TPSA) is 56.8 Å². The maximum absolute atomic E-state index is 12.2. The smallest absolute Gasteiger partial charge is 0.261 e. The van der Waals surface area contributed by atoms with Gasteiger partial charge in [-0.05, 0) is 42.8 Å². The van der Waals surface area contributed by atoms with E-state index in [-0.39, 0.29) is 5.91 Å². The van der Waals surface area contributed by atoms with E-state index in [1.807, 2.05) is 18.2 Å². The van der Waals surface area contributed by atoms with Crippen molar-refractivity contribution in [2.24, 2.45) is 0 Å². The lowest BCUT2D eigenvalue weighted by molar-refractivity contribution is -0.127. The van der Waals surface area contributed by atoms with E-state index in [0.717, 1.165) is 11.3 Å².